The van der Waals surface area contributed by atoms with Gasteiger partial charge in [0.05, 0.1) is 12.8 Å². The number of nitrogens with zero attached hydrogens (tertiary/aromatic N) is 3. The summed E-state index contributed by atoms with van der Waals surface area (Å²) in [7, 11) is -3.51. The van der Waals surface area contributed by atoms with Crippen LogP contribution >= 0.6 is 0 Å². The smallest absolute Gasteiger partial charge is 0.244 e. The molecule has 0 aliphatic rings. The quantitative estimate of drug-likeness (QED) is 0.222. The number of aromatic nitrogens is 1. The molecule has 0 saturated heterocycles. The fraction of sp³-hybridized carbons (Fsp3) is 0.500. The Bertz CT molecular complexity index is 909. The molecular formula is C24H36N4O3S. The van der Waals surface area contributed by atoms with Gasteiger partial charge in [-0.25, -0.2) is 13.4 Å². The molecule has 32 heavy (non-hydrogen) atoms. The number of pyridine rings is 1. The zero-order valence-corrected chi connectivity index (χ0v) is 20.3. The Hall–Kier alpha value is -2.45. The summed E-state index contributed by atoms with van der Waals surface area (Å²) >= 11 is 0. The fourth-order valence-electron chi connectivity index (χ4n) is 3.21. The molecular weight excluding hydrogens is 424 g/mol. The normalized spacial score (nSPS) is 11.9. The van der Waals surface area contributed by atoms with Gasteiger partial charge in [0, 0.05) is 19.3 Å². The number of hydrogen-bond acceptors (Lipinski definition) is 6. The summed E-state index contributed by atoms with van der Waals surface area (Å²) in [5.74, 6) is 1.33. The molecule has 0 aliphatic carbocycles. The fourth-order valence-corrected chi connectivity index (χ4v) is 4.61. The lowest BCUT2D eigenvalue weighted by molar-refractivity contribution is 0.304. The van der Waals surface area contributed by atoms with Crippen molar-refractivity contribution >= 4 is 22.1 Å². The van der Waals surface area contributed by atoms with Crippen molar-refractivity contribution in [3.63, 3.8) is 0 Å². The zero-order chi connectivity index (χ0) is 23.2. The van der Waals surface area contributed by atoms with Crippen LogP contribution < -0.4 is 10.2 Å². The van der Waals surface area contributed by atoms with Crippen LogP contribution in [0, 0.1) is 0 Å². The van der Waals surface area contributed by atoms with Crippen LogP contribution in [0.3, 0.4) is 0 Å². The highest BCUT2D eigenvalue weighted by atomic mass is 32.2. The number of benzene rings is 1. The Kier molecular flexibility index (Phi) is 11.2. The third-order valence-electron chi connectivity index (χ3n) is 5.12. The van der Waals surface area contributed by atoms with Crippen LogP contribution in [0.5, 0.6) is 5.75 Å². The molecule has 0 unspecified atom stereocenters. The van der Waals surface area contributed by atoms with Gasteiger partial charge in [-0.05, 0) is 48.4 Å². The molecule has 2 aromatic rings. The first-order valence-corrected chi connectivity index (χ1v) is 12.9. The molecule has 0 aliphatic heterocycles. The first kappa shape index (κ1) is 25.8. The number of nitrogens with one attached hydrogen (secondary N) is 1. The van der Waals surface area contributed by atoms with Gasteiger partial charge in [-0.1, -0.05) is 52.9 Å². The second-order valence-corrected chi connectivity index (χ2v) is 9.46. The number of anilines is 1. The Morgan fingerprint density at radius 3 is 2.28 bits per heavy atom. The van der Waals surface area contributed by atoms with E-state index in [1.165, 1.54) is 48.7 Å². The molecule has 0 radical (unpaired) electrons. The van der Waals surface area contributed by atoms with Gasteiger partial charge in [-0.3, -0.25) is 5.43 Å². The summed E-state index contributed by atoms with van der Waals surface area (Å²) in [5, 5.41) is 4.17. The summed E-state index contributed by atoms with van der Waals surface area (Å²) < 4.78 is 32.2. The molecule has 1 heterocycles. The second kappa shape index (κ2) is 13.9. The Labute approximate surface area is 193 Å². The van der Waals surface area contributed by atoms with Gasteiger partial charge in [-0.15, -0.1) is 0 Å². The van der Waals surface area contributed by atoms with E-state index in [2.05, 4.69) is 22.4 Å². The van der Waals surface area contributed by atoms with E-state index < -0.39 is 10.0 Å². The predicted octanol–water partition coefficient (Wildman–Crippen LogP) is 5.30. The lowest BCUT2D eigenvalue weighted by Crippen LogP contribution is -2.30. The summed E-state index contributed by atoms with van der Waals surface area (Å²) in [6.45, 7) is 7.44. The third kappa shape index (κ3) is 8.24. The van der Waals surface area contributed by atoms with Crippen molar-refractivity contribution in [2.75, 3.05) is 25.1 Å². The molecule has 0 bridgehead atoms. The van der Waals surface area contributed by atoms with Crippen LogP contribution in [0.4, 0.5) is 5.82 Å². The highest BCUT2D eigenvalue weighted by Crippen LogP contribution is 2.16. The molecule has 2 rings (SSSR count). The number of hydrazone groups is 1. The summed E-state index contributed by atoms with van der Waals surface area (Å²) in [6.07, 6.45) is 10.5. The van der Waals surface area contributed by atoms with E-state index in [9.17, 15) is 8.42 Å². The zero-order valence-electron chi connectivity index (χ0n) is 19.5. The van der Waals surface area contributed by atoms with E-state index in [1.807, 2.05) is 38.1 Å². The Morgan fingerprint density at radius 1 is 0.969 bits per heavy atom. The Balaban J connectivity index is 1.79. The Morgan fingerprint density at radius 2 is 1.66 bits per heavy atom. The van der Waals surface area contributed by atoms with Crippen LogP contribution in [0.25, 0.3) is 0 Å². The van der Waals surface area contributed by atoms with Crippen LogP contribution in [-0.4, -0.2) is 43.6 Å². The van der Waals surface area contributed by atoms with Crippen LogP contribution in [0.2, 0.25) is 0 Å². The molecule has 1 aromatic heterocycles. The monoisotopic (exact) mass is 460 g/mol. The van der Waals surface area contributed by atoms with Gasteiger partial charge in [0.25, 0.3) is 0 Å². The van der Waals surface area contributed by atoms with Crippen LogP contribution in [0.15, 0.2) is 52.6 Å². The number of sulfonamides is 1. The molecule has 1 aromatic carbocycles. The number of rotatable bonds is 15. The SMILES string of the molecule is CCCCCCCCOc1ccc(/C=N/Nc2ccc(S(=O)(=O)N(CC)CC)cn2)cc1. The van der Waals surface area contributed by atoms with Crippen molar-refractivity contribution in [3.8, 4) is 5.75 Å². The predicted molar refractivity (Wildman–Crippen MR) is 131 cm³/mol. The average Bonchev–Trinajstić information content (AvgIpc) is 2.80. The highest BCUT2D eigenvalue weighted by molar-refractivity contribution is 7.89. The molecule has 1 N–H and O–H groups in total. The molecule has 7 nitrogen and oxygen atoms in total. The van der Waals surface area contributed by atoms with E-state index in [0.29, 0.717) is 18.9 Å². The molecule has 176 valence electrons. The lowest BCUT2D eigenvalue weighted by atomic mass is 10.1. The van der Waals surface area contributed by atoms with E-state index >= 15 is 0 Å². The van der Waals surface area contributed by atoms with E-state index in [-0.39, 0.29) is 4.90 Å². The van der Waals surface area contributed by atoms with Crippen molar-refractivity contribution < 1.29 is 13.2 Å². The van der Waals surface area contributed by atoms with Crippen LogP contribution in [-0.2, 0) is 10.0 Å². The number of ether oxygens (including phenoxy) is 1. The first-order chi connectivity index (χ1) is 15.5. The summed E-state index contributed by atoms with van der Waals surface area (Å²) in [5.41, 5.74) is 3.75. The van der Waals surface area contributed by atoms with Gasteiger partial charge < -0.3 is 4.74 Å². The van der Waals surface area contributed by atoms with Crippen molar-refractivity contribution in [2.24, 2.45) is 5.10 Å². The van der Waals surface area contributed by atoms with Crippen molar-refractivity contribution in [3.05, 3.63) is 48.2 Å². The standard InChI is InChI=1S/C24H36N4O3S/c1-4-7-8-9-10-11-18-31-22-14-12-21(13-15-22)19-26-27-24-17-16-23(20-25-24)32(29,30)28(5-2)6-3/h12-17,19-20H,4-11,18H2,1-3H3,(H,25,27)/b26-19+. The maximum absolute atomic E-state index is 12.5. The van der Waals surface area contributed by atoms with Crippen molar-refractivity contribution in [1.82, 2.24) is 9.29 Å². The summed E-state index contributed by atoms with van der Waals surface area (Å²) in [6, 6.07) is 10.9. The number of unbranched alkanes of at least 4 members (excludes halogenated alkanes) is 5. The minimum Gasteiger partial charge on any atom is -0.494 e. The van der Waals surface area contributed by atoms with Gasteiger partial charge in [0.2, 0.25) is 10.0 Å². The van der Waals surface area contributed by atoms with E-state index in [1.54, 1.807) is 12.3 Å². The minimum absolute atomic E-state index is 0.173. The molecule has 0 atom stereocenters. The minimum atomic E-state index is -3.51. The number of hydrogen-bond donors (Lipinski definition) is 1. The van der Waals surface area contributed by atoms with E-state index in [0.717, 1.165) is 24.3 Å². The van der Waals surface area contributed by atoms with Gasteiger partial charge in [0.1, 0.15) is 16.5 Å². The van der Waals surface area contributed by atoms with Crippen molar-refractivity contribution in [2.45, 2.75) is 64.2 Å². The van der Waals surface area contributed by atoms with Crippen LogP contribution in [0.1, 0.15) is 64.9 Å². The molecule has 0 saturated carbocycles. The lowest BCUT2D eigenvalue weighted by Gasteiger charge is -2.18. The average molecular weight is 461 g/mol. The maximum Gasteiger partial charge on any atom is 0.244 e. The highest BCUT2D eigenvalue weighted by Gasteiger charge is 2.21. The van der Waals surface area contributed by atoms with E-state index in [4.69, 9.17) is 4.74 Å². The molecule has 0 fully saturated rings. The topological polar surface area (TPSA) is 83.9 Å². The van der Waals surface area contributed by atoms with Gasteiger partial charge in [0.15, 0.2) is 0 Å². The summed E-state index contributed by atoms with van der Waals surface area (Å²) in [4.78, 5) is 4.33. The maximum atomic E-state index is 12.5. The molecule has 0 amide bonds. The van der Waals surface area contributed by atoms with Crippen molar-refractivity contribution in [1.29, 1.82) is 0 Å². The third-order valence-corrected chi connectivity index (χ3v) is 7.15. The second-order valence-electron chi connectivity index (χ2n) is 7.52. The van der Waals surface area contributed by atoms with Gasteiger partial charge >= 0.3 is 0 Å². The van der Waals surface area contributed by atoms with Gasteiger partial charge in [-0.2, -0.15) is 9.41 Å². The molecule has 8 heteroatoms. The molecule has 0 spiro atoms. The largest absolute Gasteiger partial charge is 0.494 e. The first-order valence-electron chi connectivity index (χ1n) is 11.5.